The molecule has 0 radical (unpaired) electrons. The fourth-order valence-electron chi connectivity index (χ4n) is 6.92. The molecule has 0 aromatic heterocycles. The highest BCUT2D eigenvalue weighted by atomic mass is 32.1. The third kappa shape index (κ3) is 4.14. The van der Waals surface area contributed by atoms with E-state index in [2.05, 4.69) is 10.6 Å². The van der Waals surface area contributed by atoms with E-state index >= 15 is 0 Å². The summed E-state index contributed by atoms with van der Waals surface area (Å²) in [6.45, 7) is 1.62. The van der Waals surface area contributed by atoms with Gasteiger partial charge in [-0.3, -0.25) is 20.2 Å². The number of amides is 1. The molecule has 6 rings (SSSR count). The van der Waals surface area contributed by atoms with Crippen molar-refractivity contribution in [3.05, 3.63) is 33.9 Å². The number of nitrogens with zero attached hydrogens (tertiary/aromatic N) is 2. The van der Waals surface area contributed by atoms with Gasteiger partial charge in [-0.15, -0.1) is 0 Å². The number of thiocarbonyl (C=S) groups is 1. The molecule has 1 saturated heterocycles. The highest BCUT2D eigenvalue weighted by Gasteiger charge is 2.51. The van der Waals surface area contributed by atoms with Gasteiger partial charge in [0, 0.05) is 30.3 Å². The van der Waals surface area contributed by atoms with Crippen molar-refractivity contribution in [1.82, 2.24) is 10.6 Å². The zero-order valence-electron chi connectivity index (χ0n) is 17.8. The Bertz CT molecular complexity index is 877. The summed E-state index contributed by atoms with van der Waals surface area (Å²) in [5, 5.41) is 18.3. The molecule has 2 N–H and O–H groups in total. The molecule has 4 bridgehead atoms. The summed E-state index contributed by atoms with van der Waals surface area (Å²) in [5.74, 6) is 1.95. The number of anilines is 1. The van der Waals surface area contributed by atoms with E-state index in [1.54, 1.807) is 12.1 Å². The van der Waals surface area contributed by atoms with E-state index in [0.29, 0.717) is 10.8 Å². The summed E-state index contributed by atoms with van der Waals surface area (Å²) in [4.78, 5) is 26.2. The van der Waals surface area contributed by atoms with Gasteiger partial charge in [0.1, 0.15) is 5.69 Å². The van der Waals surface area contributed by atoms with Crippen LogP contribution in [0.3, 0.4) is 0 Å². The average Bonchev–Trinajstić information content (AvgIpc) is 2.72. The van der Waals surface area contributed by atoms with E-state index in [1.165, 1.54) is 25.3 Å². The fourth-order valence-corrected chi connectivity index (χ4v) is 7.23. The maximum atomic E-state index is 12.8. The highest BCUT2D eigenvalue weighted by Crippen LogP contribution is 2.55. The molecule has 5 fully saturated rings. The Morgan fingerprint density at radius 2 is 1.68 bits per heavy atom. The summed E-state index contributed by atoms with van der Waals surface area (Å²) in [5.41, 5.74) is 0.857. The Labute approximate surface area is 188 Å². The number of benzene rings is 1. The van der Waals surface area contributed by atoms with E-state index in [4.69, 9.17) is 12.2 Å². The Hall–Kier alpha value is -2.22. The second kappa shape index (κ2) is 8.04. The lowest BCUT2D eigenvalue weighted by molar-refractivity contribution is -0.384. The Kier molecular flexibility index (Phi) is 5.36. The van der Waals surface area contributed by atoms with Crippen LogP contribution in [-0.2, 0) is 0 Å². The first-order valence-electron chi connectivity index (χ1n) is 11.6. The Balaban J connectivity index is 1.27. The van der Waals surface area contributed by atoms with E-state index in [9.17, 15) is 14.9 Å². The molecule has 1 aromatic rings. The maximum Gasteiger partial charge on any atom is 0.293 e. The number of piperidine rings is 1. The summed E-state index contributed by atoms with van der Waals surface area (Å²) in [6.07, 6.45) is 10.6. The van der Waals surface area contributed by atoms with Gasteiger partial charge in [0.05, 0.1) is 4.92 Å². The van der Waals surface area contributed by atoms with Crippen LogP contribution in [0, 0.1) is 27.9 Å². The van der Waals surface area contributed by atoms with Crippen LogP contribution in [0.25, 0.3) is 0 Å². The van der Waals surface area contributed by atoms with Crippen molar-refractivity contribution >= 4 is 34.6 Å². The van der Waals surface area contributed by atoms with Crippen LogP contribution in [0.1, 0.15) is 68.1 Å². The van der Waals surface area contributed by atoms with Crippen LogP contribution in [0.2, 0.25) is 0 Å². The summed E-state index contributed by atoms with van der Waals surface area (Å²) in [6, 6.07) is 4.75. The topological polar surface area (TPSA) is 87.5 Å². The lowest BCUT2D eigenvalue weighted by Gasteiger charge is -2.57. The molecule has 0 unspecified atom stereocenters. The van der Waals surface area contributed by atoms with E-state index < -0.39 is 10.8 Å². The van der Waals surface area contributed by atoms with Crippen molar-refractivity contribution in [2.45, 2.75) is 63.3 Å². The molecule has 8 heteroatoms. The summed E-state index contributed by atoms with van der Waals surface area (Å²) in [7, 11) is 0. The van der Waals surface area contributed by atoms with Crippen molar-refractivity contribution in [2.24, 2.45) is 17.8 Å². The van der Waals surface area contributed by atoms with E-state index in [0.717, 1.165) is 69.4 Å². The number of nitrogens with one attached hydrogen (secondary N) is 2. The monoisotopic (exact) mass is 442 g/mol. The molecule has 0 atom stereocenters. The minimum absolute atomic E-state index is 0.0171. The molecule has 0 spiro atoms. The largest absolute Gasteiger partial charge is 0.366 e. The Morgan fingerprint density at radius 1 is 1.06 bits per heavy atom. The van der Waals surface area contributed by atoms with Crippen molar-refractivity contribution in [3.8, 4) is 0 Å². The number of carbonyl (C=O) groups excluding carboxylic acids is 1. The molecule has 1 amide bonds. The third-order valence-electron chi connectivity index (χ3n) is 7.78. The number of carbonyl (C=O) groups is 1. The van der Waals surface area contributed by atoms with Crippen LogP contribution >= 0.6 is 12.2 Å². The van der Waals surface area contributed by atoms with Crippen molar-refractivity contribution in [1.29, 1.82) is 0 Å². The molecule has 1 aliphatic heterocycles. The molecule has 5 aliphatic rings. The van der Waals surface area contributed by atoms with Crippen molar-refractivity contribution in [2.75, 3.05) is 18.0 Å². The molecular formula is C23H30N4O3S. The van der Waals surface area contributed by atoms with Gasteiger partial charge in [-0.2, -0.15) is 0 Å². The molecule has 1 aromatic carbocycles. The zero-order valence-corrected chi connectivity index (χ0v) is 18.6. The van der Waals surface area contributed by atoms with Gasteiger partial charge < -0.3 is 10.2 Å². The van der Waals surface area contributed by atoms with Gasteiger partial charge in [-0.1, -0.05) is 0 Å². The van der Waals surface area contributed by atoms with Gasteiger partial charge in [0.25, 0.3) is 11.6 Å². The van der Waals surface area contributed by atoms with Gasteiger partial charge in [0.15, 0.2) is 5.11 Å². The first-order valence-corrected chi connectivity index (χ1v) is 12.0. The van der Waals surface area contributed by atoms with Crippen LogP contribution in [0.15, 0.2) is 18.2 Å². The van der Waals surface area contributed by atoms with E-state index in [-0.39, 0.29) is 16.8 Å². The zero-order chi connectivity index (χ0) is 21.6. The average molecular weight is 443 g/mol. The van der Waals surface area contributed by atoms with Gasteiger partial charge in [0.2, 0.25) is 0 Å². The lowest BCUT2D eigenvalue weighted by Crippen LogP contribution is -2.61. The van der Waals surface area contributed by atoms with Crippen molar-refractivity contribution in [3.63, 3.8) is 0 Å². The standard InChI is InChI=1S/C23H30N4O3S/c28-21(18-4-5-19(20(11-18)27(29)30)26-6-2-1-3-7-26)24-22(31)25-23-12-15-8-16(13-23)10-17(9-15)14-23/h4-5,11,15-17H,1-3,6-10,12-14H2,(H2,24,25,28,31). The summed E-state index contributed by atoms with van der Waals surface area (Å²) < 4.78 is 0. The predicted octanol–water partition coefficient (Wildman–Crippen LogP) is 4.16. The first kappa shape index (κ1) is 20.7. The van der Waals surface area contributed by atoms with Gasteiger partial charge in [-0.05, 0) is 99.9 Å². The first-order chi connectivity index (χ1) is 14.9. The van der Waals surface area contributed by atoms with Crippen LogP contribution < -0.4 is 15.5 Å². The Morgan fingerprint density at radius 3 is 2.26 bits per heavy atom. The number of nitro groups is 1. The third-order valence-corrected chi connectivity index (χ3v) is 7.98. The molecule has 4 saturated carbocycles. The molecule has 166 valence electrons. The molecule has 7 nitrogen and oxygen atoms in total. The van der Waals surface area contributed by atoms with Crippen LogP contribution in [0.5, 0.6) is 0 Å². The number of nitro benzene ring substituents is 1. The number of rotatable bonds is 4. The molecule has 1 heterocycles. The van der Waals surface area contributed by atoms with Crippen molar-refractivity contribution < 1.29 is 9.72 Å². The second-order valence-electron chi connectivity index (χ2n) is 10.1. The minimum Gasteiger partial charge on any atom is -0.366 e. The summed E-state index contributed by atoms with van der Waals surface area (Å²) >= 11 is 5.49. The minimum atomic E-state index is -0.396. The van der Waals surface area contributed by atoms with E-state index in [1.807, 2.05) is 4.90 Å². The highest BCUT2D eigenvalue weighted by molar-refractivity contribution is 7.80. The maximum absolute atomic E-state index is 12.8. The lowest BCUT2D eigenvalue weighted by atomic mass is 9.53. The SMILES string of the molecule is O=C(NC(=S)NC12CC3CC(CC(C3)C1)C2)c1ccc(N2CCCCC2)c([N+](=O)[O-])c1. The predicted molar refractivity (Wildman–Crippen MR) is 123 cm³/mol. The normalized spacial score (nSPS) is 31.4. The molecule has 31 heavy (non-hydrogen) atoms. The second-order valence-corrected chi connectivity index (χ2v) is 10.5. The molecular weight excluding hydrogens is 412 g/mol. The number of hydrogen-bond acceptors (Lipinski definition) is 5. The van der Waals surface area contributed by atoms with Crippen LogP contribution in [0.4, 0.5) is 11.4 Å². The fraction of sp³-hybridized carbons (Fsp3) is 0.652. The van der Waals surface area contributed by atoms with Gasteiger partial charge in [-0.25, -0.2) is 0 Å². The quantitative estimate of drug-likeness (QED) is 0.414. The number of hydrogen-bond donors (Lipinski definition) is 2. The van der Waals surface area contributed by atoms with Gasteiger partial charge >= 0.3 is 0 Å². The van der Waals surface area contributed by atoms with Crippen LogP contribution in [-0.4, -0.2) is 34.6 Å². The molecule has 4 aliphatic carbocycles. The smallest absolute Gasteiger partial charge is 0.293 e.